The normalized spacial score (nSPS) is 24.0. The van der Waals surface area contributed by atoms with Gasteiger partial charge in [-0.3, -0.25) is 9.89 Å². The third-order valence-corrected chi connectivity index (χ3v) is 4.95. The Bertz CT molecular complexity index is 374. The largest absolute Gasteiger partial charge is 0.377 e. The molecular weight excluding hydrogens is 431 g/mol. The summed E-state index contributed by atoms with van der Waals surface area (Å²) >= 11 is 0. The van der Waals surface area contributed by atoms with Crippen molar-refractivity contribution < 1.29 is 9.47 Å². The fourth-order valence-electron chi connectivity index (χ4n) is 3.60. The molecule has 0 amide bonds. The molecule has 0 saturated carbocycles. The molecule has 2 saturated heterocycles. The maximum absolute atomic E-state index is 5.72. The predicted molar refractivity (Wildman–Crippen MR) is 114 cm³/mol. The van der Waals surface area contributed by atoms with Crippen LogP contribution in [-0.4, -0.2) is 87.0 Å². The quantitative estimate of drug-likeness (QED) is 0.243. The van der Waals surface area contributed by atoms with Crippen molar-refractivity contribution in [1.82, 2.24) is 15.1 Å². The number of likely N-dealkylation sites (N-methyl/N-ethyl adjacent to an activating group) is 1. The van der Waals surface area contributed by atoms with E-state index in [1.807, 2.05) is 0 Å². The Morgan fingerprint density at radius 2 is 2.08 bits per heavy atom. The first-order chi connectivity index (χ1) is 11.8. The van der Waals surface area contributed by atoms with Crippen molar-refractivity contribution in [2.75, 3.05) is 59.1 Å². The van der Waals surface area contributed by atoms with Gasteiger partial charge in [-0.1, -0.05) is 13.8 Å². The second kappa shape index (κ2) is 13.1. The Hall–Kier alpha value is -0.120. The van der Waals surface area contributed by atoms with Crippen molar-refractivity contribution in [2.45, 2.75) is 52.2 Å². The summed E-state index contributed by atoms with van der Waals surface area (Å²) in [6.07, 6.45) is 3.82. The average Bonchev–Trinajstić information content (AvgIpc) is 3.27. The number of likely N-dealkylation sites (tertiary alicyclic amines) is 1. The van der Waals surface area contributed by atoms with Crippen LogP contribution in [0.15, 0.2) is 4.99 Å². The Balaban J connectivity index is 0.00000312. The van der Waals surface area contributed by atoms with E-state index in [1.165, 1.54) is 12.8 Å². The van der Waals surface area contributed by atoms with Crippen LogP contribution in [0, 0.1) is 0 Å². The SMILES string of the molecule is CCNC(=NCCOCC1CCCO1)N1CCC(N(CC)CC)C1.I. The number of halogens is 1. The topological polar surface area (TPSA) is 49.3 Å². The number of rotatable bonds is 9. The van der Waals surface area contributed by atoms with Gasteiger partial charge >= 0.3 is 0 Å². The van der Waals surface area contributed by atoms with Crippen LogP contribution >= 0.6 is 24.0 Å². The van der Waals surface area contributed by atoms with E-state index in [4.69, 9.17) is 14.5 Å². The molecule has 2 rings (SSSR count). The van der Waals surface area contributed by atoms with Gasteiger partial charge in [0.25, 0.3) is 0 Å². The van der Waals surface area contributed by atoms with Gasteiger partial charge < -0.3 is 19.7 Å². The van der Waals surface area contributed by atoms with Crippen molar-refractivity contribution in [3.63, 3.8) is 0 Å². The number of hydrogen-bond donors (Lipinski definition) is 1. The molecule has 0 aromatic rings. The van der Waals surface area contributed by atoms with Gasteiger partial charge in [-0.15, -0.1) is 24.0 Å². The zero-order chi connectivity index (χ0) is 17.2. The van der Waals surface area contributed by atoms with Gasteiger partial charge in [-0.2, -0.15) is 0 Å². The monoisotopic (exact) mass is 468 g/mol. The van der Waals surface area contributed by atoms with E-state index in [9.17, 15) is 0 Å². The first-order valence-electron chi connectivity index (χ1n) is 9.75. The van der Waals surface area contributed by atoms with Crippen molar-refractivity contribution in [3.8, 4) is 0 Å². The van der Waals surface area contributed by atoms with E-state index in [0.717, 1.165) is 51.7 Å². The lowest BCUT2D eigenvalue weighted by molar-refractivity contribution is 0.0199. The molecule has 0 aromatic heterocycles. The lowest BCUT2D eigenvalue weighted by atomic mass is 10.2. The lowest BCUT2D eigenvalue weighted by Gasteiger charge is -2.27. The van der Waals surface area contributed by atoms with Crippen molar-refractivity contribution in [1.29, 1.82) is 0 Å². The molecule has 1 N–H and O–H groups in total. The van der Waals surface area contributed by atoms with Gasteiger partial charge in [-0.05, 0) is 39.3 Å². The molecule has 2 heterocycles. The number of aliphatic imine (C=N–C) groups is 1. The van der Waals surface area contributed by atoms with Crippen LogP contribution in [0.3, 0.4) is 0 Å². The molecule has 7 heteroatoms. The lowest BCUT2D eigenvalue weighted by Crippen LogP contribution is -2.43. The molecular formula is C18H37IN4O2. The van der Waals surface area contributed by atoms with E-state index in [0.29, 0.717) is 31.9 Å². The first-order valence-corrected chi connectivity index (χ1v) is 9.75. The first kappa shape index (κ1) is 22.9. The highest BCUT2D eigenvalue weighted by Gasteiger charge is 2.27. The molecule has 0 aliphatic carbocycles. The Kier molecular flexibility index (Phi) is 12.0. The van der Waals surface area contributed by atoms with Gasteiger partial charge in [0.05, 0.1) is 25.9 Å². The molecule has 0 aromatic carbocycles. The summed E-state index contributed by atoms with van der Waals surface area (Å²) in [6, 6.07) is 0.652. The minimum atomic E-state index is 0. The number of nitrogens with zero attached hydrogens (tertiary/aromatic N) is 3. The van der Waals surface area contributed by atoms with Crippen LogP contribution in [0.4, 0.5) is 0 Å². The molecule has 0 bridgehead atoms. The average molecular weight is 468 g/mol. The Morgan fingerprint density at radius 1 is 1.28 bits per heavy atom. The van der Waals surface area contributed by atoms with Crippen LogP contribution in [0.1, 0.15) is 40.0 Å². The predicted octanol–water partition coefficient (Wildman–Crippen LogP) is 2.18. The second-order valence-electron chi connectivity index (χ2n) is 6.56. The van der Waals surface area contributed by atoms with Crippen LogP contribution in [-0.2, 0) is 9.47 Å². The van der Waals surface area contributed by atoms with Crippen LogP contribution < -0.4 is 5.32 Å². The Morgan fingerprint density at radius 3 is 2.72 bits per heavy atom. The summed E-state index contributed by atoms with van der Waals surface area (Å²) in [7, 11) is 0. The minimum absolute atomic E-state index is 0. The van der Waals surface area contributed by atoms with Crippen molar-refractivity contribution in [2.24, 2.45) is 4.99 Å². The summed E-state index contributed by atoms with van der Waals surface area (Å²) in [5.74, 6) is 1.04. The summed E-state index contributed by atoms with van der Waals surface area (Å²) in [4.78, 5) is 9.70. The van der Waals surface area contributed by atoms with Crippen LogP contribution in [0.5, 0.6) is 0 Å². The van der Waals surface area contributed by atoms with Gasteiger partial charge in [0, 0.05) is 32.3 Å². The van der Waals surface area contributed by atoms with E-state index in [2.05, 4.69) is 35.9 Å². The van der Waals surface area contributed by atoms with Crippen LogP contribution in [0.25, 0.3) is 0 Å². The van der Waals surface area contributed by atoms with Gasteiger partial charge in [0.1, 0.15) is 0 Å². The molecule has 6 nitrogen and oxygen atoms in total. The van der Waals surface area contributed by atoms with E-state index in [1.54, 1.807) is 0 Å². The smallest absolute Gasteiger partial charge is 0.194 e. The number of hydrogen-bond acceptors (Lipinski definition) is 4. The maximum Gasteiger partial charge on any atom is 0.194 e. The minimum Gasteiger partial charge on any atom is -0.377 e. The second-order valence-corrected chi connectivity index (χ2v) is 6.56. The summed E-state index contributed by atoms with van der Waals surface area (Å²) in [6.45, 7) is 14.9. The molecule has 2 fully saturated rings. The maximum atomic E-state index is 5.72. The summed E-state index contributed by atoms with van der Waals surface area (Å²) < 4.78 is 11.3. The number of nitrogens with one attached hydrogen (secondary N) is 1. The zero-order valence-electron chi connectivity index (χ0n) is 16.2. The van der Waals surface area contributed by atoms with E-state index < -0.39 is 0 Å². The van der Waals surface area contributed by atoms with Crippen molar-refractivity contribution >= 4 is 29.9 Å². The molecule has 2 aliphatic rings. The zero-order valence-corrected chi connectivity index (χ0v) is 18.5. The van der Waals surface area contributed by atoms with Gasteiger partial charge in [-0.25, -0.2) is 0 Å². The summed E-state index contributed by atoms with van der Waals surface area (Å²) in [5.41, 5.74) is 0. The summed E-state index contributed by atoms with van der Waals surface area (Å²) in [5, 5.41) is 3.43. The highest BCUT2D eigenvalue weighted by molar-refractivity contribution is 14.0. The fraction of sp³-hybridized carbons (Fsp3) is 0.944. The van der Waals surface area contributed by atoms with Gasteiger partial charge in [0.2, 0.25) is 0 Å². The number of ether oxygens (including phenoxy) is 2. The van der Waals surface area contributed by atoms with Crippen LogP contribution in [0.2, 0.25) is 0 Å². The molecule has 2 atom stereocenters. The molecule has 0 radical (unpaired) electrons. The highest BCUT2D eigenvalue weighted by Crippen LogP contribution is 2.15. The standard InChI is InChI=1S/C18H36N4O2.HI/c1-4-19-18(20-10-13-23-15-17-8-7-12-24-17)22-11-9-16(14-22)21(5-2)6-3;/h16-17H,4-15H2,1-3H3,(H,19,20);1H. The van der Waals surface area contributed by atoms with Gasteiger partial charge in [0.15, 0.2) is 5.96 Å². The highest BCUT2D eigenvalue weighted by atomic mass is 127. The third-order valence-electron chi connectivity index (χ3n) is 4.95. The molecule has 25 heavy (non-hydrogen) atoms. The molecule has 2 unspecified atom stereocenters. The molecule has 2 aliphatic heterocycles. The van der Waals surface area contributed by atoms with E-state index >= 15 is 0 Å². The fourth-order valence-corrected chi connectivity index (χ4v) is 3.60. The molecule has 0 spiro atoms. The van der Waals surface area contributed by atoms with Crippen molar-refractivity contribution in [3.05, 3.63) is 0 Å². The Labute approximate surface area is 170 Å². The third kappa shape index (κ3) is 7.56. The number of guanidine groups is 1. The molecule has 148 valence electrons. The van der Waals surface area contributed by atoms with E-state index in [-0.39, 0.29) is 24.0 Å².